The van der Waals surface area contributed by atoms with Crippen LogP contribution in [0, 0.1) is 0 Å². The van der Waals surface area contributed by atoms with Gasteiger partial charge in [-0.3, -0.25) is 14.4 Å². The normalized spacial score (nSPS) is 19.8. The van der Waals surface area contributed by atoms with Crippen molar-refractivity contribution in [2.75, 3.05) is 18.9 Å². The Bertz CT molecular complexity index is 1350. The van der Waals surface area contributed by atoms with Crippen molar-refractivity contribution in [3.8, 4) is 0 Å². The van der Waals surface area contributed by atoms with Crippen molar-refractivity contribution in [2.24, 2.45) is 7.05 Å². The topological polar surface area (TPSA) is 67.5 Å². The maximum absolute atomic E-state index is 13.1. The third-order valence-corrected chi connectivity index (χ3v) is 7.47. The molecule has 1 aromatic carbocycles. The number of hydrogen-bond donors (Lipinski definition) is 1. The zero-order valence-corrected chi connectivity index (χ0v) is 19.3. The van der Waals surface area contributed by atoms with Crippen LogP contribution in [-0.2, 0) is 7.05 Å². The summed E-state index contributed by atoms with van der Waals surface area (Å²) in [5, 5.41) is 8.98. The fourth-order valence-corrected chi connectivity index (χ4v) is 5.67. The minimum Gasteiger partial charge on any atom is -0.321 e. The Balaban J connectivity index is 1.26. The number of fused-ring (bicyclic) bond motifs is 2. The molecule has 1 aliphatic heterocycles. The maximum Gasteiger partial charge on any atom is 0.255 e. The van der Waals surface area contributed by atoms with Crippen molar-refractivity contribution in [3.05, 3.63) is 59.7 Å². The van der Waals surface area contributed by atoms with E-state index in [0.29, 0.717) is 17.5 Å². The second-order valence-electron chi connectivity index (χ2n) is 9.66. The second kappa shape index (κ2) is 7.99. The SMILES string of the molecule is CN1CCCC1c1cn2cc(NC(=O)c3ccc4c(c3)c(C3CCCC3)nn4C)ccc2n1. The average molecular weight is 443 g/mol. The van der Waals surface area contributed by atoms with Crippen LogP contribution in [0.3, 0.4) is 0 Å². The second-order valence-corrected chi connectivity index (χ2v) is 9.66. The number of carbonyl (C=O) groups excluding carboxylic acids is 1. The molecule has 170 valence electrons. The van der Waals surface area contributed by atoms with Crippen LogP contribution in [0.25, 0.3) is 16.6 Å². The predicted octanol–water partition coefficient (Wildman–Crippen LogP) is 4.90. The van der Waals surface area contributed by atoms with Crippen molar-refractivity contribution in [3.63, 3.8) is 0 Å². The molecule has 1 aliphatic carbocycles. The smallest absolute Gasteiger partial charge is 0.255 e. The molecular weight excluding hydrogens is 412 g/mol. The van der Waals surface area contributed by atoms with Gasteiger partial charge in [-0.1, -0.05) is 12.8 Å². The minimum absolute atomic E-state index is 0.103. The molecule has 7 nitrogen and oxygen atoms in total. The number of benzene rings is 1. The Hall–Kier alpha value is -3.19. The van der Waals surface area contributed by atoms with Gasteiger partial charge in [-0.15, -0.1) is 0 Å². The molecule has 4 heterocycles. The van der Waals surface area contributed by atoms with E-state index in [9.17, 15) is 4.79 Å². The summed E-state index contributed by atoms with van der Waals surface area (Å²) in [6.07, 6.45) is 11.3. The summed E-state index contributed by atoms with van der Waals surface area (Å²) < 4.78 is 3.95. The first-order valence-corrected chi connectivity index (χ1v) is 12.0. The van der Waals surface area contributed by atoms with E-state index in [1.54, 1.807) is 0 Å². The lowest BCUT2D eigenvalue weighted by molar-refractivity contribution is 0.102. The van der Waals surface area contributed by atoms with Gasteiger partial charge in [0.25, 0.3) is 5.91 Å². The largest absolute Gasteiger partial charge is 0.321 e. The number of nitrogens with one attached hydrogen (secondary N) is 1. The zero-order chi connectivity index (χ0) is 22.5. The highest BCUT2D eigenvalue weighted by Gasteiger charge is 2.25. The molecule has 0 radical (unpaired) electrons. The molecule has 0 spiro atoms. The number of amides is 1. The summed E-state index contributed by atoms with van der Waals surface area (Å²) in [5.41, 5.74) is 5.65. The van der Waals surface area contributed by atoms with Crippen molar-refractivity contribution >= 4 is 28.1 Å². The Morgan fingerprint density at radius 2 is 1.88 bits per heavy atom. The number of nitrogens with zero attached hydrogens (tertiary/aromatic N) is 5. The van der Waals surface area contributed by atoms with Gasteiger partial charge < -0.3 is 9.72 Å². The van der Waals surface area contributed by atoms with E-state index in [0.717, 1.165) is 46.6 Å². The van der Waals surface area contributed by atoms with Crippen molar-refractivity contribution in [1.82, 2.24) is 24.1 Å². The lowest BCUT2D eigenvalue weighted by Gasteiger charge is -2.16. The number of imidazole rings is 1. The quantitative estimate of drug-likeness (QED) is 0.488. The van der Waals surface area contributed by atoms with E-state index in [-0.39, 0.29) is 5.91 Å². The molecule has 1 N–H and O–H groups in total. The Morgan fingerprint density at radius 1 is 1.03 bits per heavy atom. The molecule has 2 aliphatic rings. The van der Waals surface area contributed by atoms with Crippen LogP contribution in [0.2, 0.25) is 0 Å². The first-order valence-electron chi connectivity index (χ1n) is 12.0. The van der Waals surface area contributed by atoms with Crippen molar-refractivity contribution in [2.45, 2.75) is 50.5 Å². The number of likely N-dealkylation sites (tertiary alicyclic amines) is 1. The Labute approximate surface area is 193 Å². The lowest BCUT2D eigenvalue weighted by Crippen LogP contribution is -2.17. The van der Waals surface area contributed by atoms with E-state index in [1.807, 2.05) is 52.7 Å². The summed E-state index contributed by atoms with van der Waals surface area (Å²) in [4.78, 5) is 20.3. The monoisotopic (exact) mass is 442 g/mol. The van der Waals surface area contributed by atoms with Gasteiger partial charge in [0.2, 0.25) is 0 Å². The molecule has 7 heteroatoms. The van der Waals surface area contributed by atoms with E-state index in [2.05, 4.69) is 23.5 Å². The first-order chi connectivity index (χ1) is 16.1. The summed E-state index contributed by atoms with van der Waals surface area (Å²) in [5.74, 6) is 0.400. The molecule has 1 saturated heterocycles. The highest BCUT2D eigenvalue weighted by Crippen LogP contribution is 2.37. The summed E-state index contributed by atoms with van der Waals surface area (Å²) in [6, 6.07) is 10.2. The van der Waals surface area contributed by atoms with Crippen LogP contribution in [0.5, 0.6) is 0 Å². The molecule has 1 atom stereocenters. The van der Waals surface area contributed by atoms with Crippen molar-refractivity contribution < 1.29 is 4.79 Å². The molecule has 4 aromatic rings. The zero-order valence-electron chi connectivity index (χ0n) is 19.3. The Morgan fingerprint density at radius 3 is 2.67 bits per heavy atom. The van der Waals surface area contributed by atoms with Crippen LogP contribution in [0.15, 0.2) is 42.7 Å². The summed E-state index contributed by atoms with van der Waals surface area (Å²) in [7, 11) is 4.14. The number of aryl methyl sites for hydroxylation is 1. The average Bonchev–Trinajstić information content (AvgIpc) is 3.59. The third kappa shape index (κ3) is 3.60. The lowest BCUT2D eigenvalue weighted by atomic mass is 9.99. The van der Waals surface area contributed by atoms with Gasteiger partial charge in [0.05, 0.1) is 28.6 Å². The Kier molecular flexibility index (Phi) is 4.94. The number of rotatable bonds is 4. The van der Waals surface area contributed by atoms with Gasteiger partial charge >= 0.3 is 0 Å². The molecule has 0 bridgehead atoms. The molecule has 2 fully saturated rings. The number of anilines is 1. The molecule has 33 heavy (non-hydrogen) atoms. The third-order valence-electron chi connectivity index (χ3n) is 7.47. The van der Waals surface area contributed by atoms with Gasteiger partial charge in [-0.2, -0.15) is 5.10 Å². The van der Waals surface area contributed by atoms with Crippen molar-refractivity contribution in [1.29, 1.82) is 0 Å². The first kappa shape index (κ1) is 20.4. The van der Waals surface area contributed by atoms with Crippen LogP contribution >= 0.6 is 0 Å². The van der Waals surface area contributed by atoms with Gasteiger partial charge in [0.1, 0.15) is 5.65 Å². The number of aromatic nitrogens is 4. The van der Waals surface area contributed by atoms with Gasteiger partial charge in [0, 0.05) is 36.3 Å². The molecule has 1 saturated carbocycles. The summed E-state index contributed by atoms with van der Waals surface area (Å²) in [6.45, 7) is 1.11. The number of hydrogen-bond acceptors (Lipinski definition) is 4. The van der Waals surface area contributed by atoms with E-state index in [1.165, 1.54) is 32.1 Å². The molecule has 1 unspecified atom stereocenters. The molecule has 3 aromatic heterocycles. The molecule has 1 amide bonds. The fourth-order valence-electron chi connectivity index (χ4n) is 5.67. The minimum atomic E-state index is -0.103. The fraction of sp³-hybridized carbons (Fsp3) is 0.423. The number of pyridine rings is 1. The van der Waals surface area contributed by atoms with Crippen LogP contribution in [0.1, 0.15) is 72.2 Å². The highest BCUT2D eigenvalue weighted by atomic mass is 16.1. The standard InChI is InChI=1S/C26H30N6O/c1-30-13-5-8-23(30)21-16-32-15-19(10-12-24(32)28-21)27-26(33)18-9-11-22-20(14-18)25(29-31(22)2)17-6-3-4-7-17/h9-12,14-17,23H,3-8,13H2,1-2H3,(H,27,33). The van der Waals surface area contributed by atoms with Crippen LogP contribution < -0.4 is 5.32 Å². The van der Waals surface area contributed by atoms with E-state index >= 15 is 0 Å². The molecular formula is C26H30N6O. The van der Waals surface area contributed by atoms with E-state index in [4.69, 9.17) is 10.1 Å². The predicted molar refractivity (Wildman–Crippen MR) is 130 cm³/mol. The van der Waals surface area contributed by atoms with E-state index < -0.39 is 0 Å². The molecule has 6 rings (SSSR count). The maximum atomic E-state index is 13.1. The van der Waals surface area contributed by atoms with Gasteiger partial charge in [-0.05, 0) is 69.6 Å². The number of carbonyl (C=O) groups is 1. The van der Waals surface area contributed by atoms with Gasteiger partial charge in [0.15, 0.2) is 0 Å². The van der Waals surface area contributed by atoms with Gasteiger partial charge in [-0.25, -0.2) is 4.98 Å². The van der Waals surface area contributed by atoms with Crippen LogP contribution in [-0.4, -0.2) is 43.6 Å². The van der Waals surface area contributed by atoms with Crippen LogP contribution in [0.4, 0.5) is 5.69 Å². The highest BCUT2D eigenvalue weighted by molar-refractivity contribution is 6.06. The summed E-state index contributed by atoms with van der Waals surface area (Å²) >= 11 is 0.